The van der Waals surface area contributed by atoms with Crippen LogP contribution in [0, 0.1) is 0 Å². The van der Waals surface area contributed by atoms with Crippen LogP contribution in [-0.4, -0.2) is 32.7 Å². The molecular weight excluding hydrogens is 642 g/mol. The van der Waals surface area contributed by atoms with Crippen LogP contribution in [0.1, 0.15) is 42.7 Å². The Bertz CT molecular complexity index is 1240. The number of hydrogen-bond donors (Lipinski definition) is 2. The molecule has 6 nitrogen and oxygen atoms in total. The minimum absolute atomic E-state index is 0.133. The molecule has 0 bridgehead atoms. The standard InChI is InChI=1S/C19H7Br4NO5/c20-11-8-9(12(21)14(23)13(11)22)17(26)10(16(8)25)15-18(27)7(19(28)29)5-3-1-2-4-6(5)24-15/h1-4,10,27H,(H,28,29). The molecule has 1 aromatic heterocycles. The van der Waals surface area contributed by atoms with E-state index < -0.39 is 34.8 Å². The van der Waals surface area contributed by atoms with E-state index in [1.807, 2.05) is 0 Å². The van der Waals surface area contributed by atoms with E-state index in [1.165, 1.54) is 6.07 Å². The molecule has 0 radical (unpaired) electrons. The van der Waals surface area contributed by atoms with Crippen molar-refractivity contribution in [3.63, 3.8) is 0 Å². The van der Waals surface area contributed by atoms with Gasteiger partial charge in [0.1, 0.15) is 17.2 Å². The fraction of sp³-hybridized carbons (Fsp3) is 0.0526. The second-order valence-corrected chi connectivity index (χ2v) is 9.38. The molecule has 0 spiro atoms. The minimum atomic E-state index is -1.46. The minimum Gasteiger partial charge on any atom is -0.505 e. The number of para-hydroxylation sites is 1. The first-order chi connectivity index (χ1) is 13.7. The Hall–Kier alpha value is -1.62. The van der Waals surface area contributed by atoms with E-state index in [9.17, 15) is 24.6 Å². The third-order valence-electron chi connectivity index (χ3n) is 4.67. The third-order valence-corrected chi connectivity index (χ3v) is 9.43. The van der Waals surface area contributed by atoms with Gasteiger partial charge in [-0.2, -0.15) is 0 Å². The normalized spacial score (nSPS) is 13.9. The summed E-state index contributed by atoms with van der Waals surface area (Å²) in [5.74, 6) is -4.70. The highest BCUT2D eigenvalue weighted by Crippen LogP contribution is 2.49. The fourth-order valence-electron chi connectivity index (χ4n) is 3.39. The molecule has 3 aromatic rings. The molecule has 10 heteroatoms. The van der Waals surface area contributed by atoms with Crippen LogP contribution >= 0.6 is 63.7 Å². The van der Waals surface area contributed by atoms with Crippen molar-refractivity contribution < 1.29 is 24.6 Å². The molecule has 0 aliphatic heterocycles. The van der Waals surface area contributed by atoms with E-state index in [0.717, 1.165) is 0 Å². The molecule has 0 unspecified atom stereocenters. The first kappa shape index (κ1) is 20.6. The summed E-state index contributed by atoms with van der Waals surface area (Å²) in [5, 5.41) is 20.5. The molecule has 2 N–H and O–H groups in total. The quantitative estimate of drug-likeness (QED) is 0.205. The van der Waals surface area contributed by atoms with Gasteiger partial charge in [-0.25, -0.2) is 9.78 Å². The Morgan fingerprint density at radius 2 is 1.41 bits per heavy atom. The van der Waals surface area contributed by atoms with Crippen molar-refractivity contribution in [1.29, 1.82) is 0 Å². The number of ketones is 2. The fourth-order valence-corrected chi connectivity index (χ4v) is 5.90. The zero-order valence-corrected chi connectivity index (χ0v) is 20.3. The van der Waals surface area contributed by atoms with Gasteiger partial charge in [-0.15, -0.1) is 0 Å². The predicted molar refractivity (Wildman–Crippen MR) is 119 cm³/mol. The smallest absolute Gasteiger partial charge is 0.340 e. The number of carboxylic acids is 1. The number of Topliss-reactive ketones (excluding diaryl/α,β-unsaturated/α-hetero) is 2. The average molecular weight is 649 g/mol. The summed E-state index contributed by atoms with van der Waals surface area (Å²) < 4.78 is 1.82. The lowest BCUT2D eigenvalue weighted by atomic mass is 9.95. The Balaban J connectivity index is 2.03. The number of aromatic nitrogens is 1. The largest absolute Gasteiger partial charge is 0.505 e. The Morgan fingerprint density at radius 3 is 1.93 bits per heavy atom. The maximum atomic E-state index is 13.2. The summed E-state index contributed by atoms with van der Waals surface area (Å²) in [6.45, 7) is 0. The van der Waals surface area contributed by atoms with Crippen molar-refractivity contribution in [2.24, 2.45) is 0 Å². The first-order valence-corrected chi connectivity index (χ1v) is 11.1. The van der Waals surface area contributed by atoms with Crippen molar-refractivity contribution in [3.8, 4) is 5.75 Å². The number of halogens is 4. The van der Waals surface area contributed by atoms with E-state index >= 15 is 0 Å². The number of pyridine rings is 1. The van der Waals surface area contributed by atoms with Crippen LogP contribution in [0.2, 0.25) is 0 Å². The molecule has 1 aliphatic carbocycles. The van der Waals surface area contributed by atoms with Gasteiger partial charge in [0.05, 0.1) is 5.52 Å². The van der Waals surface area contributed by atoms with Crippen molar-refractivity contribution in [2.75, 3.05) is 0 Å². The molecular formula is C19H7Br4NO5. The van der Waals surface area contributed by atoms with Crippen LogP contribution in [0.25, 0.3) is 10.9 Å². The molecule has 1 heterocycles. The summed E-state index contributed by atoms with van der Waals surface area (Å²) in [6, 6.07) is 6.32. The topological polar surface area (TPSA) is 105 Å². The number of aromatic hydroxyl groups is 1. The van der Waals surface area contributed by atoms with Crippen molar-refractivity contribution in [1.82, 2.24) is 4.98 Å². The summed E-state index contributed by atoms with van der Waals surface area (Å²) in [4.78, 5) is 42.5. The number of aromatic carboxylic acids is 1. The van der Waals surface area contributed by atoms with Gasteiger partial charge in [-0.1, -0.05) is 18.2 Å². The maximum absolute atomic E-state index is 13.2. The van der Waals surface area contributed by atoms with Crippen LogP contribution in [0.3, 0.4) is 0 Å². The SMILES string of the molecule is O=C(O)c1c(O)c(C2C(=O)c3c(Br)c(Br)c(Br)c(Br)c3C2=O)nc2ccccc12. The number of nitrogens with zero attached hydrogens (tertiary/aromatic N) is 1. The van der Waals surface area contributed by atoms with Crippen LogP contribution in [-0.2, 0) is 0 Å². The molecule has 0 fully saturated rings. The highest BCUT2D eigenvalue weighted by Gasteiger charge is 2.46. The van der Waals surface area contributed by atoms with Crippen LogP contribution < -0.4 is 0 Å². The number of carbonyl (C=O) groups excluding carboxylic acids is 2. The van der Waals surface area contributed by atoms with E-state index in [0.29, 0.717) is 17.9 Å². The highest BCUT2D eigenvalue weighted by atomic mass is 79.9. The van der Waals surface area contributed by atoms with Gasteiger partial charge in [0.15, 0.2) is 17.3 Å². The lowest BCUT2D eigenvalue weighted by Crippen LogP contribution is -2.16. The van der Waals surface area contributed by atoms with Crippen LogP contribution in [0.5, 0.6) is 5.75 Å². The van der Waals surface area contributed by atoms with E-state index in [-0.39, 0.29) is 27.7 Å². The Kier molecular flexibility index (Phi) is 5.17. The van der Waals surface area contributed by atoms with Gasteiger partial charge in [-0.05, 0) is 69.8 Å². The Labute approximate surface area is 196 Å². The molecule has 0 saturated carbocycles. The third kappa shape index (κ3) is 2.91. The molecule has 29 heavy (non-hydrogen) atoms. The zero-order valence-electron chi connectivity index (χ0n) is 14.0. The van der Waals surface area contributed by atoms with Gasteiger partial charge in [-0.3, -0.25) is 9.59 Å². The summed E-state index contributed by atoms with van der Waals surface area (Å²) in [6.07, 6.45) is 0. The van der Waals surface area contributed by atoms with Crippen LogP contribution in [0.4, 0.5) is 0 Å². The van der Waals surface area contributed by atoms with Gasteiger partial charge in [0.25, 0.3) is 0 Å². The lowest BCUT2D eigenvalue weighted by molar-refractivity contribution is 0.0693. The number of rotatable bonds is 2. The number of hydrogen-bond acceptors (Lipinski definition) is 5. The molecule has 146 valence electrons. The molecule has 0 atom stereocenters. The van der Waals surface area contributed by atoms with Gasteiger partial charge >= 0.3 is 5.97 Å². The van der Waals surface area contributed by atoms with E-state index in [2.05, 4.69) is 68.7 Å². The van der Waals surface area contributed by atoms with Gasteiger partial charge in [0, 0.05) is 34.4 Å². The van der Waals surface area contributed by atoms with Crippen LogP contribution in [0.15, 0.2) is 42.2 Å². The van der Waals surface area contributed by atoms with Crippen molar-refractivity contribution in [2.45, 2.75) is 5.92 Å². The molecule has 2 aromatic carbocycles. The monoisotopic (exact) mass is 645 g/mol. The maximum Gasteiger partial charge on any atom is 0.340 e. The molecule has 0 saturated heterocycles. The lowest BCUT2D eigenvalue weighted by Gasteiger charge is -2.13. The Morgan fingerprint density at radius 1 is 0.897 bits per heavy atom. The molecule has 0 amide bonds. The number of carboxylic acid groups (broad SMARTS) is 1. The van der Waals surface area contributed by atoms with Gasteiger partial charge < -0.3 is 10.2 Å². The van der Waals surface area contributed by atoms with E-state index in [4.69, 9.17) is 0 Å². The summed E-state index contributed by atoms with van der Waals surface area (Å²) in [5.41, 5.74) is -0.155. The first-order valence-electron chi connectivity index (χ1n) is 7.96. The molecule has 4 rings (SSSR count). The molecule has 1 aliphatic rings. The van der Waals surface area contributed by atoms with E-state index in [1.54, 1.807) is 18.2 Å². The highest BCUT2D eigenvalue weighted by molar-refractivity contribution is 9.15. The summed E-state index contributed by atoms with van der Waals surface area (Å²) in [7, 11) is 0. The second-order valence-electron chi connectivity index (χ2n) is 6.21. The summed E-state index contributed by atoms with van der Waals surface area (Å²) >= 11 is 13.4. The zero-order chi connectivity index (χ0) is 21.2. The number of fused-ring (bicyclic) bond motifs is 2. The number of carbonyl (C=O) groups is 3. The van der Waals surface area contributed by atoms with Crippen molar-refractivity contribution in [3.05, 3.63) is 64.5 Å². The average Bonchev–Trinajstić information content (AvgIpc) is 2.94. The second kappa shape index (κ2) is 7.26. The van der Waals surface area contributed by atoms with Crippen molar-refractivity contribution >= 4 is 92.2 Å². The van der Waals surface area contributed by atoms with Gasteiger partial charge in [0.2, 0.25) is 0 Å². The number of benzene rings is 2. The predicted octanol–water partition coefficient (Wildman–Crippen LogP) is 5.85.